The first-order chi connectivity index (χ1) is 14.8. The molecule has 2 atom stereocenters. The van der Waals surface area contributed by atoms with Gasteiger partial charge in [0.05, 0.1) is 6.04 Å². The summed E-state index contributed by atoms with van der Waals surface area (Å²) < 4.78 is 0. The number of fused-ring (bicyclic) bond motifs is 1. The maximum Gasteiger partial charge on any atom is 0.259 e. The Hall–Kier alpha value is -3.16. The van der Waals surface area contributed by atoms with Crippen LogP contribution in [0.4, 0.5) is 0 Å². The average molecular weight is 422 g/mol. The number of rotatable bonds is 8. The predicted octanol–water partition coefficient (Wildman–Crippen LogP) is 2.04. The van der Waals surface area contributed by atoms with Crippen molar-refractivity contribution in [2.75, 3.05) is 28.2 Å². The second-order valence-electron chi connectivity index (χ2n) is 8.03. The van der Waals surface area contributed by atoms with Gasteiger partial charge >= 0.3 is 0 Å². The molecule has 0 aliphatic carbocycles. The van der Waals surface area contributed by atoms with Crippen LogP contribution in [-0.4, -0.2) is 72.0 Å². The van der Waals surface area contributed by atoms with E-state index in [0.29, 0.717) is 12.8 Å². The van der Waals surface area contributed by atoms with E-state index in [0.717, 1.165) is 22.0 Å². The van der Waals surface area contributed by atoms with Gasteiger partial charge in [0.2, 0.25) is 5.91 Å². The number of benzene rings is 2. The molecule has 1 heterocycles. The molecule has 0 radical (unpaired) electrons. The summed E-state index contributed by atoms with van der Waals surface area (Å²) in [7, 11) is 6.95. The molecule has 3 rings (SSSR count). The maximum absolute atomic E-state index is 13.2. The van der Waals surface area contributed by atoms with Gasteiger partial charge in [-0.2, -0.15) is 0 Å². The molecule has 0 spiro atoms. The van der Waals surface area contributed by atoms with Gasteiger partial charge in [-0.05, 0) is 23.6 Å². The molecule has 1 aromatic heterocycles. The monoisotopic (exact) mass is 421 g/mol. The van der Waals surface area contributed by atoms with E-state index in [-0.39, 0.29) is 11.8 Å². The number of nitrogens with zero attached hydrogens (tertiary/aromatic N) is 3. The number of H-pyrrole nitrogens is 1. The highest BCUT2D eigenvalue weighted by molar-refractivity contribution is 5.90. The molecule has 0 bridgehead atoms. The highest BCUT2D eigenvalue weighted by Crippen LogP contribution is 2.20. The third-order valence-corrected chi connectivity index (χ3v) is 5.72. The summed E-state index contributed by atoms with van der Waals surface area (Å²) >= 11 is 0. The van der Waals surface area contributed by atoms with Crippen LogP contribution in [0, 0.1) is 0 Å². The number of carbonyl (C=O) groups is 2. The van der Waals surface area contributed by atoms with Crippen LogP contribution in [0.25, 0.3) is 10.9 Å². The van der Waals surface area contributed by atoms with Gasteiger partial charge in [-0.1, -0.05) is 48.5 Å². The quantitative estimate of drug-likeness (QED) is 0.545. The number of para-hydroxylation sites is 1. The standard InChI is InChI=1S/C24H31N5O2/c1-27(2)29(4)24(31)22(14-17-10-6-5-7-11-17)28(3)23(30)20(25)15-18-16-26-21-13-9-8-12-19(18)21/h5-13,16,20,22,26H,14-15,25H2,1-4H3/t20-,22?/m1/s1. The van der Waals surface area contributed by atoms with Crippen LogP contribution in [0.15, 0.2) is 60.8 Å². The minimum Gasteiger partial charge on any atom is -0.361 e. The summed E-state index contributed by atoms with van der Waals surface area (Å²) in [6.07, 6.45) is 2.70. The lowest BCUT2D eigenvalue weighted by Crippen LogP contribution is -2.55. The topological polar surface area (TPSA) is 85.7 Å². The SMILES string of the molecule is CN(C(=O)[C@H](N)Cc1c[nH]c2ccccc12)C(Cc1ccccc1)C(=O)N(C)N(C)C. The summed E-state index contributed by atoms with van der Waals surface area (Å²) in [5, 5.41) is 4.27. The first-order valence-electron chi connectivity index (χ1n) is 10.4. The van der Waals surface area contributed by atoms with Gasteiger partial charge in [0.1, 0.15) is 6.04 Å². The van der Waals surface area contributed by atoms with Crippen molar-refractivity contribution in [3.05, 3.63) is 71.9 Å². The summed E-state index contributed by atoms with van der Waals surface area (Å²) in [5.41, 5.74) is 9.31. The molecule has 7 heteroatoms. The first-order valence-corrected chi connectivity index (χ1v) is 10.4. The fourth-order valence-corrected chi connectivity index (χ4v) is 3.68. The Morgan fingerprint density at radius 2 is 1.55 bits per heavy atom. The molecule has 164 valence electrons. The fourth-order valence-electron chi connectivity index (χ4n) is 3.68. The van der Waals surface area contributed by atoms with E-state index >= 15 is 0 Å². The Morgan fingerprint density at radius 3 is 2.23 bits per heavy atom. The number of hydrogen-bond acceptors (Lipinski definition) is 4. The highest BCUT2D eigenvalue weighted by Gasteiger charge is 2.32. The minimum absolute atomic E-state index is 0.163. The molecule has 0 saturated carbocycles. The Labute approximate surface area is 183 Å². The van der Waals surface area contributed by atoms with Crippen LogP contribution in [0.3, 0.4) is 0 Å². The molecule has 31 heavy (non-hydrogen) atoms. The van der Waals surface area contributed by atoms with Gasteiger partial charge in [-0.15, -0.1) is 0 Å². The van der Waals surface area contributed by atoms with E-state index in [9.17, 15) is 9.59 Å². The van der Waals surface area contributed by atoms with Crippen LogP contribution < -0.4 is 5.73 Å². The van der Waals surface area contributed by atoms with Crippen LogP contribution in [0.5, 0.6) is 0 Å². The van der Waals surface area contributed by atoms with Crippen molar-refractivity contribution in [2.45, 2.75) is 24.9 Å². The van der Waals surface area contributed by atoms with Gasteiger partial charge in [0.15, 0.2) is 0 Å². The molecule has 2 aromatic carbocycles. The number of hydrogen-bond donors (Lipinski definition) is 2. The van der Waals surface area contributed by atoms with Crippen LogP contribution >= 0.6 is 0 Å². The predicted molar refractivity (Wildman–Crippen MR) is 123 cm³/mol. The molecule has 3 aromatic rings. The van der Waals surface area contributed by atoms with Crippen molar-refractivity contribution in [2.24, 2.45) is 5.73 Å². The van der Waals surface area contributed by atoms with Crippen LogP contribution in [0.1, 0.15) is 11.1 Å². The molecule has 2 amide bonds. The Bertz CT molecular complexity index is 1030. The summed E-state index contributed by atoms with van der Waals surface area (Å²) in [6, 6.07) is 16.2. The minimum atomic E-state index is -0.750. The van der Waals surface area contributed by atoms with E-state index in [1.54, 1.807) is 33.2 Å². The van der Waals surface area contributed by atoms with Gasteiger partial charge in [0.25, 0.3) is 5.91 Å². The fraction of sp³-hybridized carbons (Fsp3) is 0.333. The van der Waals surface area contributed by atoms with E-state index in [4.69, 9.17) is 5.73 Å². The number of likely N-dealkylation sites (N-methyl/N-ethyl adjacent to an activating group) is 2. The van der Waals surface area contributed by atoms with Crippen molar-refractivity contribution in [3.63, 3.8) is 0 Å². The number of hydrazine groups is 1. The van der Waals surface area contributed by atoms with E-state index in [1.807, 2.05) is 60.8 Å². The molecular formula is C24H31N5O2. The summed E-state index contributed by atoms with van der Waals surface area (Å²) in [5.74, 6) is -0.421. The van der Waals surface area contributed by atoms with Crippen molar-refractivity contribution < 1.29 is 9.59 Å². The number of amides is 2. The molecule has 0 saturated heterocycles. The third kappa shape index (κ3) is 5.13. The summed E-state index contributed by atoms with van der Waals surface area (Å²) in [4.78, 5) is 31.1. The van der Waals surface area contributed by atoms with Gasteiger partial charge in [0, 0.05) is 51.7 Å². The molecule has 0 aliphatic heterocycles. The molecular weight excluding hydrogens is 390 g/mol. The smallest absolute Gasteiger partial charge is 0.259 e. The Balaban J connectivity index is 1.80. The number of aromatic nitrogens is 1. The Kier molecular flexibility index (Phi) is 7.09. The Morgan fingerprint density at radius 1 is 0.903 bits per heavy atom. The average Bonchev–Trinajstić information content (AvgIpc) is 3.18. The van der Waals surface area contributed by atoms with Gasteiger partial charge in [-0.3, -0.25) is 14.6 Å². The first kappa shape index (κ1) is 22.5. The van der Waals surface area contributed by atoms with Crippen molar-refractivity contribution in [1.82, 2.24) is 19.9 Å². The lowest BCUT2D eigenvalue weighted by Gasteiger charge is -2.34. The van der Waals surface area contributed by atoms with Crippen molar-refractivity contribution in [1.29, 1.82) is 0 Å². The lowest BCUT2D eigenvalue weighted by molar-refractivity contribution is -0.152. The van der Waals surface area contributed by atoms with Crippen molar-refractivity contribution in [3.8, 4) is 0 Å². The van der Waals surface area contributed by atoms with Crippen LogP contribution in [0.2, 0.25) is 0 Å². The molecule has 7 nitrogen and oxygen atoms in total. The zero-order chi connectivity index (χ0) is 22.5. The van der Waals surface area contributed by atoms with E-state index in [1.165, 1.54) is 9.91 Å². The van der Waals surface area contributed by atoms with E-state index < -0.39 is 12.1 Å². The zero-order valence-electron chi connectivity index (χ0n) is 18.6. The second kappa shape index (κ2) is 9.76. The van der Waals surface area contributed by atoms with E-state index in [2.05, 4.69) is 4.98 Å². The molecule has 1 unspecified atom stereocenters. The number of nitrogens with one attached hydrogen (secondary N) is 1. The summed E-state index contributed by atoms with van der Waals surface area (Å²) in [6.45, 7) is 0. The third-order valence-electron chi connectivity index (χ3n) is 5.72. The van der Waals surface area contributed by atoms with Crippen molar-refractivity contribution >= 4 is 22.7 Å². The maximum atomic E-state index is 13.2. The zero-order valence-corrected chi connectivity index (χ0v) is 18.6. The highest BCUT2D eigenvalue weighted by atomic mass is 16.2. The van der Waals surface area contributed by atoms with Crippen LogP contribution in [-0.2, 0) is 22.4 Å². The number of carbonyl (C=O) groups excluding carboxylic acids is 2. The molecule has 3 N–H and O–H groups in total. The number of aromatic amines is 1. The largest absolute Gasteiger partial charge is 0.361 e. The van der Waals surface area contributed by atoms with Gasteiger partial charge in [-0.25, -0.2) is 5.01 Å². The second-order valence-corrected chi connectivity index (χ2v) is 8.03. The van der Waals surface area contributed by atoms with Gasteiger partial charge < -0.3 is 15.6 Å². The lowest BCUT2D eigenvalue weighted by atomic mass is 10.0. The number of nitrogens with two attached hydrogens (primary N) is 1. The normalized spacial score (nSPS) is 13.2. The molecule has 0 fully saturated rings. The molecule has 0 aliphatic rings.